The molecule has 7 heteroatoms. The number of hydrogen-bond donors (Lipinski definition) is 2. The lowest BCUT2D eigenvalue weighted by atomic mass is 10.2. The molecule has 17 heavy (non-hydrogen) atoms. The molecule has 0 amide bonds. The summed E-state index contributed by atoms with van der Waals surface area (Å²) < 4.78 is 0. The molecular weight excluding hydrogens is 232 g/mol. The molecule has 0 radical (unpaired) electrons. The van der Waals surface area contributed by atoms with Crippen LogP contribution in [0.4, 0.5) is 0 Å². The lowest BCUT2D eigenvalue weighted by molar-refractivity contribution is -0.518. The minimum atomic E-state index is -2.07. The van der Waals surface area contributed by atoms with Crippen molar-refractivity contribution in [1.29, 1.82) is 0 Å². The summed E-state index contributed by atoms with van der Waals surface area (Å²) in [5, 5.41) is 20.9. The molecule has 0 fully saturated rings. The maximum absolute atomic E-state index is 10.3. The molecule has 0 aliphatic heterocycles. The summed E-state index contributed by atoms with van der Waals surface area (Å²) in [6.07, 6.45) is 3.02. The molecule has 7 nitrogen and oxygen atoms in total. The van der Waals surface area contributed by atoms with Gasteiger partial charge in [0.2, 0.25) is 0 Å². The van der Waals surface area contributed by atoms with E-state index in [4.69, 9.17) is 10.2 Å². The Morgan fingerprint density at radius 2 is 1.65 bits per heavy atom. The van der Waals surface area contributed by atoms with Gasteiger partial charge >= 0.3 is 11.9 Å². The molecule has 0 bridgehead atoms. The summed E-state index contributed by atoms with van der Waals surface area (Å²) in [6.45, 7) is 2.33. The zero-order valence-electron chi connectivity index (χ0n) is 9.76. The van der Waals surface area contributed by atoms with E-state index in [2.05, 4.69) is 21.7 Å². The second-order valence-corrected chi connectivity index (χ2v) is 3.46. The first-order valence-corrected chi connectivity index (χ1v) is 5.50. The lowest BCUT2D eigenvalue weighted by Gasteiger charge is -2.06. The first kappa shape index (κ1) is 15.8. The zero-order valence-corrected chi connectivity index (χ0v) is 9.76. The number of rotatable bonds is 11. The number of carboxylic acid groups (broad SMARTS) is 2. The van der Waals surface area contributed by atoms with Gasteiger partial charge in [0, 0.05) is 0 Å². The molecule has 0 saturated heterocycles. The lowest BCUT2D eigenvalue weighted by Crippen LogP contribution is -2.32. The highest BCUT2D eigenvalue weighted by Gasteiger charge is 2.28. The van der Waals surface area contributed by atoms with E-state index in [1.807, 2.05) is 0 Å². The third-order valence-corrected chi connectivity index (χ3v) is 1.96. The predicted octanol–water partition coefficient (Wildman–Crippen LogP) is 1.37. The fourth-order valence-electron chi connectivity index (χ4n) is 1.05. The molecule has 0 aromatic heterocycles. The van der Waals surface area contributed by atoms with Crippen molar-refractivity contribution in [1.82, 2.24) is 0 Å². The van der Waals surface area contributed by atoms with Crippen LogP contribution in [-0.2, 0) is 24.4 Å². The van der Waals surface area contributed by atoms with Crippen LogP contribution >= 0.6 is 0 Å². The van der Waals surface area contributed by atoms with Crippen LogP contribution in [0, 0.1) is 0 Å². The van der Waals surface area contributed by atoms with Gasteiger partial charge in [-0.1, -0.05) is 37.6 Å². The first-order valence-electron chi connectivity index (χ1n) is 5.50. The van der Waals surface area contributed by atoms with Gasteiger partial charge in [-0.05, 0) is 6.42 Å². The van der Waals surface area contributed by atoms with Gasteiger partial charge in [0.25, 0.3) is 6.10 Å². The SMILES string of the molecule is CCCCCCCOOOC(C(=O)O)C(=O)O. The van der Waals surface area contributed by atoms with Crippen molar-refractivity contribution in [2.75, 3.05) is 6.61 Å². The molecule has 0 rings (SSSR count). The van der Waals surface area contributed by atoms with E-state index in [9.17, 15) is 9.59 Å². The Kier molecular flexibility index (Phi) is 9.31. The maximum Gasteiger partial charge on any atom is 0.348 e. The molecule has 0 aromatic rings. The maximum atomic E-state index is 10.3. The number of aliphatic carboxylic acids is 2. The second kappa shape index (κ2) is 10.0. The Labute approximate surface area is 99.1 Å². The summed E-state index contributed by atoms with van der Waals surface area (Å²) in [4.78, 5) is 29.2. The summed E-state index contributed by atoms with van der Waals surface area (Å²) >= 11 is 0. The third-order valence-electron chi connectivity index (χ3n) is 1.96. The van der Waals surface area contributed by atoms with Gasteiger partial charge in [-0.3, -0.25) is 0 Å². The fourth-order valence-corrected chi connectivity index (χ4v) is 1.05. The molecule has 0 spiro atoms. The quantitative estimate of drug-likeness (QED) is 0.247. The summed E-state index contributed by atoms with van der Waals surface area (Å²) in [5.74, 6) is -3.30. The minimum Gasteiger partial charge on any atom is -0.479 e. The molecule has 100 valence electrons. The van der Waals surface area contributed by atoms with E-state index in [-0.39, 0.29) is 6.61 Å². The van der Waals surface area contributed by atoms with Crippen LogP contribution in [0.15, 0.2) is 0 Å². The molecule has 0 aliphatic rings. The highest BCUT2D eigenvalue weighted by Crippen LogP contribution is 2.03. The van der Waals surface area contributed by atoms with Crippen LogP contribution in [0.2, 0.25) is 0 Å². The Morgan fingerprint density at radius 1 is 1.06 bits per heavy atom. The van der Waals surface area contributed by atoms with Gasteiger partial charge in [-0.2, -0.15) is 4.89 Å². The average Bonchev–Trinajstić information content (AvgIpc) is 2.26. The van der Waals surface area contributed by atoms with Gasteiger partial charge in [-0.15, -0.1) is 0 Å². The Morgan fingerprint density at radius 3 is 2.18 bits per heavy atom. The Balaban J connectivity index is 3.43. The summed E-state index contributed by atoms with van der Waals surface area (Å²) in [6, 6.07) is 0. The van der Waals surface area contributed by atoms with Crippen molar-refractivity contribution in [3.8, 4) is 0 Å². The second-order valence-electron chi connectivity index (χ2n) is 3.46. The standard InChI is InChI=1S/C10H18O7/c1-2-3-4-5-6-7-15-17-16-8(9(11)12)10(13)14/h8H,2-7H2,1H3,(H,11,12)(H,13,14). The highest BCUT2D eigenvalue weighted by atomic mass is 17.5. The highest BCUT2D eigenvalue weighted by molar-refractivity contribution is 5.95. The molecule has 2 N–H and O–H groups in total. The normalized spacial score (nSPS) is 10.7. The van der Waals surface area contributed by atoms with Gasteiger partial charge in [0.15, 0.2) is 0 Å². The zero-order chi connectivity index (χ0) is 13.1. The average molecular weight is 250 g/mol. The topological polar surface area (TPSA) is 102 Å². The van der Waals surface area contributed by atoms with Gasteiger partial charge in [0.1, 0.15) is 0 Å². The van der Waals surface area contributed by atoms with E-state index >= 15 is 0 Å². The number of unbranched alkanes of at least 4 members (excludes halogenated alkanes) is 4. The molecule has 0 aromatic carbocycles. The summed E-state index contributed by atoms with van der Waals surface area (Å²) in [5.41, 5.74) is 0. The van der Waals surface area contributed by atoms with E-state index in [1.54, 1.807) is 0 Å². The number of hydrogen-bond acceptors (Lipinski definition) is 5. The number of carboxylic acids is 2. The monoisotopic (exact) mass is 250 g/mol. The minimum absolute atomic E-state index is 0.232. The number of carbonyl (C=O) groups is 2. The van der Waals surface area contributed by atoms with Crippen LogP contribution < -0.4 is 0 Å². The van der Waals surface area contributed by atoms with Gasteiger partial charge in [-0.25, -0.2) is 14.5 Å². The van der Waals surface area contributed by atoms with Crippen molar-refractivity contribution in [2.45, 2.75) is 45.1 Å². The third kappa shape index (κ3) is 8.61. The van der Waals surface area contributed by atoms with Gasteiger partial charge in [0.05, 0.1) is 6.61 Å². The molecular formula is C10H18O7. The predicted molar refractivity (Wildman–Crippen MR) is 55.9 cm³/mol. The molecule has 0 saturated carbocycles. The van der Waals surface area contributed by atoms with Crippen LogP contribution in [0.5, 0.6) is 0 Å². The van der Waals surface area contributed by atoms with Crippen molar-refractivity contribution in [3.05, 3.63) is 0 Å². The van der Waals surface area contributed by atoms with Gasteiger partial charge < -0.3 is 10.2 Å². The van der Waals surface area contributed by atoms with Crippen molar-refractivity contribution in [3.63, 3.8) is 0 Å². The van der Waals surface area contributed by atoms with Crippen molar-refractivity contribution < 1.29 is 34.6 Å². The smallest absolute Gasteiger partial charge is 0.348 e. The molecule has 0 heterocycles. The molecule has 0 aliphatic carbocycles. The van der Waals surface area contributed by atoms with E-state index in [0.717, 1.165) is 32.1 Å². The van der Waals surface area contributed by atoms with E-state index in [0.29, 0.717) is 0 Å². The van der Waals surface area contributed by atoms with Crippen LogP contribution in [0.1, 0.15) is 39.0 Å². The largest absolute Gasteiger partial charge is 0.479 e. The van der Waals surface area contributed by atoms with Crippen LogP contribution in [0.25, 0.3) is 0 Å². The van der Waals surface area contributed by atoms with Crippen LogP contribution in [-0.4, -0.2) is 34.9 Å². The Bertz CT molecular complexity index is 215. The Hall–Kier alpha value is -1.18. The molecule has 0 atom stereocenters. The van der Waals surface area contributed by atoms with E-state index < -0.39 is 18.0 Å². The van der Waals surface area contributed by atoms with Crippen LogP contribution in [0.3, 0.4) is 0 Å². The first-order chi connectivity index (χ1) is 8.09. The van der Waals surface area contributed by atoms with E-state index in [1.165, 1.54) is 0 Å². The molecule has 0 unspecified atom stereocenters. The summed E-state index contributed by atoms with van der Waals surface area (Å²) in [7, 11) is 0. The van der Waals surface area contributed by atoms with Crippen molar-refractivity contribution in [2.24, 2.45) is 0 Å². The van der Waals surface area contributed by atoms with Crippen molar-refractivity contribution >= 4 is 11.9 Å². The fraction of sp³-hybridized carbons (Fsp3) is 0.800.